The van der Waals surface area contributed by atoms with Crippen molar-refractivity contribution in [2.75, 3.05) is 19.7 Å². The summed E-state index contributed by atoms with van der Waals surface area (Å²) < 4.78 is 28.3. The van der Waals surface area contributed by atoms with Crippen LogP contribution in [0.2, 0.25) is 0 Å². The molecule has 18 heavy (non-hydrogen) atoms. The molecule has 1 aliphatic heterocycles. The molecule has 0 saturated carbocycles. The summed E-state index contributed by atoms with van der Waals surface area (Å²) >= 11 is 0. The SMILES string of the molecule is CC(C)(C)CCNS(=O)(=O)N1CCCCC1CO. The van der Waals surface area contributed by atoms with Crippen molar-refractivity contribution in [1.82, 2.24) is 9.03 Å². The van der Waals surface area contributed by atoms with Gasteiger partial charge in [0.2, 0.25) is 0 Å². The van der Waals surface area contributed by atoms with E-state index in [9.17, 15) is 13.5 Å². The molecule has 0 aliphatic carbocycles. The minimum absolute atomic E-state index is 0.0970. The maximum Gasteiger partial charge on any atom is 0.279 e. The summed E-state index contributed by atoms with van der Waals surface area (Å²) in [5.41, 5.74) is 0.112. The zero-order chi connectivity index (χ0) is 13.8. The third-order valence-corrected chi connectivity index (χ3v) is 4.92. The van der Waals surface area contributed by atoms with Gasteiger partial charge in [0.1, 0.15) is 0 Å². The number of aliphatic hydroxyl groups is 1. The van der Waals surface area contributed by atoms with E-state index in [1.807, 2.05) is 0 Å². The number of hydrogen-bond acceptors (Lipinski definition) is 3. The highest BCUT2D eigenvalue weighted by Gasteiger charge is 2.31. The largest absolute Gasteiger partial charge is 0.395 e. The lowest BCUT2D eigenvalue weighted by Crippen LogP contribution is -2.50. The standard InChI is InChI=1S/C12H26N2O3S/c1-12(2,3)7-8-13-18(16,17)14-9-5-4-6-11(14)10-15/h11,13,15H,4-10H2,1-3H3. The first-order valence-corrected chi connectivity index (χ1v) is 8.07. The van der Waals surface area contributed by atoms with Crippen LogP contribution in [-0.4, -0.2) is 43.6 Å². The van der Waals surface area contributed by atoms with Gasteiger partial charge in [-0.05, 0) is 24.7 Å². The molecule has 0 aromatic carbocycles. The third-order valence-electron chi connectivity index (χ3n) is 3.25. The molecule has 5 nitrogen and oxygen atoms in total. The predicted octanol–water partition coefficient (Wildman–Crippen LogP) is 1.10. The smallest absolute Gasteiger partial charge is 0.279 e. The number of nitrogens with zero attached hydrogens (tertiary/aromatic N) is 1. The van der Waals surface area contributed by atoms with Crippen molar-refractivity contribution in [1.29, 1.82) is 0 Å². The highest BCUT2D eigenvalue weighted by Crippen LogP contribution is 2.20. The zero-order valence-electron chi connectivity index (χ0n) is 11.6. The molecule has 1 rings (SSSR count). The molecule has 1 aliphatic rings. The van der Waals surface area contributed by atoms with E-state index in [0.29, 0.717) is 13.1 Å². The molecule has 0 aromatic rings. The highest BCUT2D eigenvalue weighted by atomic mass is 32.2. The summed E-state index contributed by atoms with van der Waals surface area (Å²) in [4.78, 5) is 0. The van der Waals surface area contributed by atoms with E-state index in [-0.39, 0.29) is 18.1 Å². The molecule has 1 unspecified atom stereocenters. The Morgan fingerprint density at radius 3 is 2.56 bits per heavy atom. The summed E-state index contributed by atoms with van der Waals surface area (Å²) in [6.45, 7) is 7.10. The van der Waals surface area contributed by atoms with Crippen LogP contribution in [0.15, 0.2) is 0 Å². The molecule has 1 saturated heterocycles. The lowest BCUT2D eigenvalue weighted by Gasteiger charge is -2.33. The summed E-state index contributed by atoms with van der Waals surface area (Å²) in [5.74, 6) is 0. The van der Waals surface area contributed by atoms with Crippen LogP contribution < -0.4 is 4.72 Å². The first-order chi connectivity index (χ1) is 8.26. The number of rotatable bonds is 5. The van der Waals surface area contributed by atoms with Gasteiger partial charge in [-0.3, -0.25) is 0 Å². The van der Waals surface area contributed by atoms with E-state index in [1.165, 1.54) is 4.31 Å². The zero-order valence-corrected chi connectivity index (χ0v) is 12.5. The van der Waals surface area contributed by atoms with Gasteiger partial charge in [-0.25, -0.2) is 4.72 Å². The average Bonchev–Trinajstić information content (AvgIpc) is 2.27. The normalized spacial score (nSPS) is 23.2. The third kappa shape index (κ3) is 4.84. The van der Waals surface area contributed by atoms with Crippen LogP contribution in [0.4, 0.5) is 0 Å². The molecule has 0 amide bonds. The molecule has 0 aromatic heterocycles. The summed E-state index contributed by atoms with van der Waals surface area (Å²) in [7, 11) is -3.44. The lowest BCUT2D eigenvalue weighted by molar-refractivity contribution is 0.153. The number of hydrogen-bond donors (Lipinski definition) is 2. The molecule has 2 N–H and O–H groups in total. The van der Waals surface area contributed by atoms with Crippen molar-refractivity contribution in [3.05, 3.63) is 0 Å². The minimum atomic E-state index is -3.44. The number of aliphatic hydroxyl groups excluding tert-OH is 1. The first kappa shape index (κ1) is 15.9. The molecule has 108 valence electrons. The quantitative estimate of drug-likeness (QED) is 0.791. The predicted molar refractivity (Wildman–Crippen MR) is 72.4 cm³/mol. The Morgan fingerprint density at radius 2 is 2.00 bits per heavy atom. The van der Waals surface area contributed by atoms with Crippen LogP contribution in [0.5, 0.6) is 0 Å². The monoisotopic (exact) mass is 278 g/mol. The van der Waals surface area contributed by atoms with E-state index in [4.69, 9.17) is 0 Å². The Balaban J connectivity index is 2.56. The molecule has 0 radical (unpaired) electrons. The highest BCUT2D eigenvalue weighted by molar-refractivity contribution is 7.87. The molecule has 0 bridgehead atoms. The summed E-state index contributed by atoms with van der Waals surface area (Å²) in [6.07, 6.45) is 3.40. The topological polar surface area (TPSA) is 69.6 Å². The van der Waals surface area contributed by atoms with Crippen molar-refractivity contribution in [2.24, 2.45) is 5.41 Å². The molecule has 1 atom stereocenters. The van der Waals surface area contributed by atoms with Crippen molar-refractivity contribution < 1.29 is 13.5 Å². The lowest BCUT2D eigenvalue weighted by atomic mass is 9.93. The van der Waals surface area contributed by atoms with E-state index in [0.717, 1.165) is 25.7 Å². The molecule has 1 fully saturated rings. The second-order valence-electron chi connectivity index (χ2n) is 6.15. The fourth-order valence-electron chi connectivity index (χ4n) is 2.11. The fraction of sp³-hybridized carbons (Fsp3) is 1.00. The molecule has 1 heterocycles. The van der Waals surface area contributed by atoms with Gasteiger partial charge in [-0.1, -0.05) is 27.2 Å². The van der Waals surface area contributed by atoms with Crippen LogP contribution in [0.3, 0.4) is 0 Å². The minimum Gasteiger partial charge on any atom is -0.395 e. The second kappa shape index (κ2) is 6.32. The first-order valence-electron chi connectivity index (χ1n) is 6.63. The average molecular weight is 278 g/mol. The molecule has 6 heteroatoms. The Hall–Kier alpha value is -0.170. The van der Waals surface area contributed by atoms with Crippen molar-refractivity contribution >= 4 is 10.2 Å². The Kier molecular flexibility index (Phi) is 5.58. The van der Waals surface area contributed by atoms with Crippen LogP contribution in [0, 0.1) is 5.41 Å². The molecular weight excluding hydrogens is 252 g/mol. The van der Waals surface area contributed by atoms with E-state index < -0.39 is 10.2 Å². The Morgan fingerprint density at radius 1 is 1.33 bits per heavy atom. The van der Waals surface area contributed by atoms with Gasteiger partial charge in [0.05, 0.1) is 6.61 Å². The van der Waals surface area contributed by atoms with Gasteiger partial charge in [-0.2, -0.15) is 12.7 Å². The van der Waals surface area contributed by atoms with Crippen LogP contribution in [0.25, 0.3) is 0 Å². The van der Waals surface area contributed by atoms with Gasteiger partial charge in [-0.15, -0.1) is 0 Å². The van der Waals surface area contributed by atoms with Crippen LogP contribution in [0.1, 0.15) is 46.5 Å². The number of piperidine rings is 1. The van der Waals surface area contributed by atoms with Crippen LogP contribution in [-0.2, 0) is 10.2 Å². The molecular formula is C12H26N2O3S. The summed E-state index contributed by atoms with van der Waals surface area (Å²) in [6, 6.07) is -0.258. The van der Waals surface area contributed by atoms with E-state index in [2.05, 4.69) is 25.5 Å². The van der Waals surface area contributed by atoms with E-state index >= 15 is 0 Å². The van der Waals surface area contributed by atoms with Gasteiger partial charge < -0.3 is 5.11 Å². The second-order valence-corrected chi connectivity index (χ2v) is 7.86. The van der Waals surface area contributed by atoms with Gasteiger partial charge in [0.25, 0.3) is 10.2 Å². The summed E-state index contributed by atoms with van der Waals surface area (Å²) in [5, 5.41) is 9.25. The van der Waals surface area contributed by atoms with Crippen LogP contribution >= 0.6 is 0 Å². The van der Waals surface area contributed by atoms with Crippen molar-refractivity contribution in [3.63, 3.8) is 0 Å². The molecule has 0 spiro atoms. The Labute approximate surface area is 111 Å². The van der Waals surface area contributed by atoms with Gasteiger partial charge in [0.15, 0.2) is 0 Å². The van der Waals surface area contributed by atoms with Gasteiger partial charge in [0, 0.05) is 19.1 Å². The van der Waals surface area contributed by atoms with Gasteiger partial charge >= 0.3 is 0 Å². The maximum atomic E-state index is 12.1. The Bertz CT molecular complexity index is 349. The van der Waals surface area contributed by atoms with Crippen molar-refractivity contribution in [2.45, 2.75) is 52.5 Å². The maximum absolute atomic E-state index is 12.1. The van der Waals surface area contributed by atoms with E-state index in [1.54, 1.807) is 0 Å². The number of nitrogens with one attached hydrogen (secondary N) is 1. The fourth-order valence-corrected chi connectivity index (χ4v) is 3.57. The van der Waals surface area contributed by atoms with Crippen molar-refractivity contribution in [3.8, 4) is 0 Å².